The Hall–Kier alpha value is -3.54. The second-order valence-corrected chi connectivity index (χ2v) is 6.71. The van der Waals surface area contributed by atoms with Crippen LogP contribution in [0.15, 0.2) is 24.4 Å². The van der Waals surface area contributed by atoms with Crippen LogP contribution in [-0.2, 0) is 17.8 Å². The Kier molecular flexibility index (Phi) is 4.39. The number of fused-ring (bicyclic) bond motifs is 2. The van der Waals surface area contributed by atoms with E-state index in [0.717, 1.165) is 16.5 Å². The number of nitrogens with zero attached hydrogens (tertiary/aromatic N) is 3. The van der Waals surface area contributed by atoms with E-state index in [4.69, 9.17) is 5.26 Å². The summed E-state index contributed by atoms with van der Waals surface area (Å²) in [5.74, 6) is -2.48. The molecule has 1 aromatic carbocycles. The number of hydrogen-bond acceptors (Lipinski definition) is 4. The maximum atomic E-state index is 14.0. The number of carbonyl (C=O) groups excluding carboxylic acids is 2. The van der Waals surface area contributed by atoms with Crippen molar-refractivity contribution in [3.05, 3.63) is 58.4 Å². The standard InChI is InChI=1S/C19H15F2N5O2/c20-13-2-4-14-12(17(13)21)8-26(19(28)25-14)9-16(27)24-15-3-1-11-5-10(6-22)7-23-18(11)15/h2,4-5,7,15H,1,3,8-9H2,(H,24,27)(H,25,28)/t15-/m1/s1. The molecule has 0 radical (unpaired) electrons. The van der Waals surface area contributed by atoms with E-state index in [1.165, 1.54) is 12.3 Å². The number of rotatable bonds is 3. The maximum Gasteiger partial charge on any atom is 0.322 e. The first-order chi connectivity index (χ1) is 13.5. The molecule has 2 aliphatic rings. The van der Waals surface area contributed by atoms with E-state index in [0.29, 0.717) is 24.1 Å². The number of urea groups is 1. The fourth-order valence-corrected chi connectivity index (χ4v) is 3.54. The Balaban J connectivity index is 1.45. The molecule has 2 heterocycles. The Morgan fingerprint density at radius 1 is 1.43 bits per heavy atom. The molecule has 2 N–H and O–H groups in total. The van der Waals surface area contributed by atoms with Gasteiger partial charge in [-0.15, -0.1) is 0 Å². The summed E-state index contributed by atoms with van der Waals surface area (Å²) in [4.78, 5) is 30.0. The lowest BCUT2D eigenvalue weighted by Gasteiger charge is -2.29. The molecule has 1 aromatic heterocycles. The third-order valence-corrected chi connectivity index (χ3v) is 4.91. The van der Waals surface area contributed by atoms with Gasteiger partial charge in [0.15, 0.2) is 11.6 Å². The number of benzene rings is 1. The molecule has 4 rings (SSSR count). The van der Waals surface area contributed by atoms with E-state index in [-0.39, 0.29) is 30.4 Å². The molecule has 3 amide bonds. The quantitative estimate of drug-likeness (QED) is 0.850. The topological polar surface area (TPSA) is 98.1 Å². The Morgan fingerprint density at radius 3 is 3.04 bits per heavy atom. The Morgan fingerprint density at radius 2 is 2.25 bits per heavy atom. The highest BCUT2D eigenvalue weighted by Gasteiger charge is 2.30. The van der Waals surface area contributed by atoms with Crippen molar-refractivity contribution in [2.75, 3.05) is 11.9 Å². The maximum absolute atomic E-state index is 14.0. The molecule has 0 unspecified atom stereocenters. The number of anilines is 1. The predicted octanol–water partition coefficient (Wildman–Crippen LogP) is 2.38. The van der Waals surface area contributed by atoms with Gasteiger partial charge in [0.05, 0.1) is 29.5 Å². The molecule has 0 saturated carbocycles. The molecular weight excluding hydrogens is 368 g/mol. The van der Waals surface area contributed by atoms with Gasteiger partial charge in [0.2, 0.25) is 5.91 Å². The van der Waals surface area contributed by atoms with Crippen LogP contribution in [0.2, 0.25) is 0 Å². The summed E-state index contributed by atoms with van der Waals surface area (Å²) in [5.41, 5.74) is 2.27. The molecule has 9 heteroatoms. The number of nitrogens with one attached hydrogen (secondary N) is 2. The molecular formula is C19H15F2N5O2. The summed E-state index contributed by atoms with van der Waals surface area (Å²) in [6, 6.07) is 5.14. The summed E-state index contributed by atoms with van der Waals surface area (Å²) in [7, 11) is 0. The van der Waals surface area contributed by atoms with E-state index >= 15 is 0 Å². The van der Waals surface area contributed by atoms with Crippen LogP contribution in [0.5, 0.6) is 0 Å². The second kappa shape index (κ2) is 6.88. The number of nitriles is 1. The first kappa shape index (κ1) is 17.9. The van der Waals surface area contributed by atoms with E-state index in [1.54, 1.807) is 6.07 Å². The van der Waals surface area contributed by atoms with E-state index < -0.39 is 23.6 Å². The van der Waals surface area contributed by atoms with Gasteiger partial charge in [-0.1, -0.05) is 0 Å². The SMILES string of the molecule is N#Cc1cnc2c(c1)CC[C@H]2NC(=O)CN1Cc2c(ccc(F)c2F)NC1=O. The van der Waals surface area contributed by atoms with Gasteiger partial charge in [-0.25, -0.2) is 13.6 Å². The minimum atomic E-state index is -1.04. The van der Waals surface area contributed by atoms with Crippen molar-refractivity contribution in [3.8, 4) is 6.07 Å². The summed E-state index contributed by atoms with van der Waals surface area (Å²) in [6.07, 6.45) is 2.78. The van der Waals surface area contributed by atoms with Gasteiger partial charge < -0.3 is 15.5 Å². The lowest BCUT2D eigenvalue weighted by Crippen LogP contribution is -2.45. The Labute approximate surface area is 159 Å². The zero-order valence-corrected chi connectivity index (χ0v) is 14.6. The number of aryl methyl sites for hydroxylation is 1. The van der Waals surface area contributed by atoms with Gasteiger partial charge in [-0.3, -0.25) is 9.78 Å². The average Bonchev–Trinajstić information content (AvgIpc) is 3.08. The fraction of sp³-hybridized carbons (Fsp3) is 0.263. The lowest BCUT2D eigenvalue weighted by molar-refractivity contribution is -0.122. The molecule has 0 fully saturated rings. The molecule has 2 aromatic rings. The minimum absolute atomic E-state index is 0.00399. The average molecular weight is 383 g/mol. The van der Waals surface area contributed by atoms with Crippen LogP contribution in [0.3, 0.4) is 0 Å². The highest BCUT2D eigenvalue weighted by atomic mass is 19.2. The number of pyridine rings is 1. The summed E-state index contributed by atoms with van der Waals surface area (Å²) in [5, 5.41) is 14.2. The third kappa shape index (κ3) is 3.13. The largest absolute Gasteiger partial charge is 0.346 e. The van der Waals surface area contributed by atoms with Crippen molar-refractivity contribution in [1.82, 2.24) is 15.2 Å². The number of aromatic nitrogens is 1. The third-order valence-electron chi connectivity index (χ3n) is 4.91. The Bertz CT molecular complexity index is 1030. The molecule has 0 spiro atoms. The van der Waals surface area contributed by atoms with Crippen molar-refractivity contribution < 1.29 is 18.4 Å². The van der Waals surface area contributed by atoms with Crippen LogP contribution in [-0.4, -0.2) is 28.4 Å². The molecule has 1 atom stereocenters. The van der Waals surface area contributed by atoms with Gasteiger partial charge in [0.1, 0.15) is 12.6 Å². The molecule has 28 heavy (non-hydrogen) atoms. The molecule has 7 nitrogen and oxygen atoms in total. The number of halogens is 2. The van der Waals surface area contributed by atoms with Gasteiger partial charge in [0, 0.05) is 11.8 Å². The van der Waals surface area contributed by atoms with Crippen molar-refractivity contribution in [3.63, 3.8) is 0 Å². The number of amides is 3. The van der Waals surface area contributed by atoms with Gasteiger partial charge in [-0.05, 0) is 36.6 Å². The molecule has 1 aliphatic heterocycles. The van der Waals surface area contributed by atoms with Crippen LogP contribution in [0.4, 0.5) is 19.3 Å². The molecule has 0 bridgehead atoms. The highest BCUT2D eigenvalue weighted by molar-refractivity contribution is 5.95. The lowest BCUT2D eigenvalue weighted by atomic mass is 10.1. The van der Waals surface area contributed by atoms with Crippen LogP contribution in [0.25, 0.3) is 0 Å². The van der Waals surface area contributed by atoms with E-state index in [9.17, 15) is 18.4 Å². The normalized spacial score (nSPS) is 17.4. The summed E-state index contributed by atoms with van der Waals surface area (Å²) in [6.45, 7) is -0.507. The first-order valence-corrected chi connectivity index (χ1v) is 8.67. The van der Waals surface area contributed by atoms with Crippen LogP contribution in [0, 0.1) is 23.0 Å². The molecule has 142 valence electrons. The smallest absolute Gasteiger partial charge is 0.322 e. The zero-order chi connectivity index (χ0) is 19.8. The van der Waals surface area contributed by atoms with Gasteiger partial charge in [0.25, 0.3) is 0 Å². The second-order valence-electron chi connectivity index (χ2n) is 6.71. The van der Waals surface area contributed by atoms with Gasteiger partial charge >= 0.3 is 6.03 Å². The number of carbonyl (C=O) groups is 2. The van der Waals surface area contributed by atoms with Crippen LogP contribution >= 0.6 is 0 Å². The monoisotopic (exact) mass is 383 g/mol. The zero-order valence-electron chi connectivity index (χ0n) is 14.6. The highest BCUT2D eigenvalue weighted by Crippen LogP contribution is 2.30. The summed E-state index contributed by atoms with van der Waals surface area (Å²) >= 11 is 0. The minimum Gasteiger partial charge on any atom is -0.346 e. The van der Waals surface area contributed by atoms with E-state index in [2.05, 4.69) is 15.6 Å². The molecule has 0 saturated heterocycles. The predicted molar refractivity (Wildman–Crippen MR) is 93.9 cm³/mol. The molecule has 1 aliphatic carbocycles. The van der Waals surface area contributed by atoms with Crippen LogP contribution in [0.1, 0.15) is 34.8 Å². The summed E-state index contributed by atoms with van der Waals surface area (Å²) < 4.78 is 27.4. The van der Waals surface area contributed by atoms with Crippen molar-refractivity contribution in [1.29, 1.82) is 5.26 Å². The van der Waals surface area contributed by atoms with Gasteiger partial charge in [-0.2, -0.15) is 5.26 Å². The van der Waals surface area contributed by atoms with Crippen molar-refractivity contribution in [2.45, 2.75) is 25.4 Å². The fourth-order valence-electron chi connectivity index (χ4n) is 3.54. The van der Waals surface area contributed by atoms with E-state index in [1.807, 2.05) is 6.07 Å². The van der Waals surface area contributed by atoms with Crippen molar-refractivity contribution in [2.24, 2.45) is 0 Å². The first-order valence-electron chi connectivity index (χ1n) is 8.67. The number of hydrogen-bond donors (Lipinski definition) is 2. The van der Waals surface area contributed by atoms with Crippen LogP contribution < -0.4 is 10.6 Å². The van der Waals surface area contributed by atoms with Crippen molar-refractivity contribution >= 4 is 17.6 Å².